The lowest BCUT2D eigenvalue weighted by atomic mass is 9.92. The van der Waals surface area contributed by atoms with Crippen LogP contribution in [0, 0.1) is 0 Å². The predicted octanol–water partition coefficient (Wildman–Crippen LogP) is 0.982. The minimum absolute atomic E-state index is 0.0832. The molecule has 1 amide bonds. The first-order chi connectivity index (χ1) is 10.4. The van der Waals surface area contributed by atoms with Gasteiger partial charge in [0.15, 0.2) is 0 Å². The normalized spacial score (nSPS) is 22.0. The summed E-state index contributed by atoms with van der Waals surface area (Å²) in [5.41, 5.74) is 0.645. The van der Waals surface area contributed by atoms with Crippen molar-refractivity contribution in [2.24, 2.45) is 0 Å². The molecule has 3 N–H and O–H groups in total. The zero-order chi connectivity index (χ0) is 15.8. The fraction of sp³-hybridized carbons (Fsp3) is 0.615. The lowest BCUT2D eigenvalue weighted by Gasteiger charge is -2.25. The number of amides is 1. The molecule has 0 spiro atoms. The van der Waals surface area contributed by atoms with Crippen molar-refractivity contribution in [1.29, 1.82) is 0 Å². The van der Waals surface area contributed by atoms with Crippen LogP contribution in [-0.4, -0.2) is 48.2 Å². The number of thioether (sulfide) groups is 1. The molecule has 0 aromatic carbocycles. The number of carbonyl (C=O) groups excluding carboxylic acids is 1. The van der Waals surface area contributed by atoms with Gasteiger partial charge in [-0.3, -0.25) is 9.89 Å². The number of nitrogens with one attached hydrogen (secondary N) is 3. The molecule has 1 atom stereocenters. The van der Waals surface area contributed by atoms with Gasteiger partial charge < -0.3 is 5.32 Å². The highest BCUT2D eigenvalue weighted by Gasteiger charge is 2.42. The molecule has 1 aliphatic rings. The van der Waals surface area contributed by atoms with Gasteiger partial charge >= 0.3 is 0 Å². The minimum Gasteiger partial charge on any atom is -0.337 e. The van der Waals surface area contributed by atoms with E-state index in [9.17, 15) is 4.79 Å². The van der Waals surface area contributed by atoms with Crippen LogP contribution >= 0.6 is 11.8 Å². The summed E-state index contributed by atoms with van der Waals surface area (Å²) < 4.78 is 0. The third kappa shape index (κ3) is 2.72. The van der Waals surface area contributed by atoms with Crippen molar-refractivity contribution in [3.8, 4) is 0 Å². The van der Waals surface area contributed by atoms with Crippen molar-refractivity contribution < 1.29 is 4.79 Å². The van der Waals surface area contributed by atoms with E-state index in [0.29, 0.717) is 11.5 Å². The lowest BCUT2D eigenvalue weighted by molar-refractivity contribution is 0.0898. The predicted molar refractivity (Wildman–Crippen MR) is 82.6 cm³/mol. The van der Waals surface area contributed by atoms with Crippen molar-refractivity contribution in [2.45, 2.75) is 38.1 Å². The van der Waals surface area contributed by atoms with Crippen molar-refractivity contribution in [3.05, 3.63) is 23.3 Å². The maximum atomic E-state index is 12.6. The second kappa shape index (κ2) is 5.38. The molecule has 1 fully saturated rings. The van der Waals surface area contributed by atoms with Gasteiger partial charge in [-0.2, -0.15) is 22.1 Å². The SMILES string of the molecule is CC(C)(C)c1cc(C(=O)NC2(c3nn[nH]n3)CCSC2)n[nH]1. The molecule has 0 aliphatic carbocycles. The van der Waals surface area contributed by atoms with Crippen LogP contribution in [-0.2, 0) is 11.0 Å². The van der Waals surface area contributed by atoms with Crippen LogP contribution in [0.25, 0.3) is 0 Å². The summed E-state index contributed by atoms with van der Waals surface area (Å²) in [4.78, 5) is 12.6. The number of nitrogens with zero attached hydrogens (tertiary/aromatic N) is 4. The molecule has 22 heavy (non-hydrogen) atoms. The quantitative estimate of drug-likeness (QED) is 0.777. The van der Waals surface area contributed by atoms with E-state index in [1.807, 2.05) is 0 Å². The molecule has 2 aromatic rings. The Labute approximate surface area is 132 Å². The molecule has 1 unspecified atom stereocenters. The molecule has 2 aromatic heterocycles. The molecule has 1 saturated heterocycles. The van der Waals surface area contributed by atoms with E-state index in [-0.39, 0.29) is 11.3 Å². The number of carbonyl (C=O) groups is 1. The summed E-state index contributed by atoms with van der Waals surface area (Å²) in [5.74, 6) is 1.98. The van der Waals surface area contributed by atoms with Crippen molar-refractivity contribution in [1.82, 2.24) is 36.1 Å². The minimum atomic E-state index is -0.574. The third-order valence-electron chi connectivity index (χ3n) is 3.77. The zero-order valence-corrected chi connectivity index (χ0v) is 13.6. The van der Waals surface area contributed by atoms with Crippen LogP contribution in [0.1, 0.15) is 49.2 Å². The highest BCUT2D eigenvalue weighted by molar-refractivity contribution is 7.99. The Hall–Kier alpha value is -1.90. The Morgan fingerprint density at radius 3 is 2.77 bits per heavy atom. The van der Waals surface area contributed by atoms with Crippen molar-refractivity contribution >= 4 is 17.7 Å². The number of hydrogen-bond acceptors (Lipinski definition) is 6. The first kappa shape index (κ1) is 15.0. The van der Waals surface area contributed by atoms with E-state index in [0.717, 1.165) is 23.6 Å². The van der Waals surface area contributed by atoms with Crippen LogP contribution in [0.3, 0.4) is 0 Å². The Bertz CT molecular complexity index is 652. The largest absolute Gasteiger partial charge is 0.337 e. The van der Waals surface area contributed by atoms with E-state index in [4.69, 9.17) is 0 Å². The van der Waals surface area contributed by atoms with Crippen molar-refractivity contribution in [2.75, 3.05) is 11.5 Å². The molecule has 1 aliphatic heterocycles. The summed E-state index contributed by atoms with van der Waals surface area (Å²) in [7, 11) is 0. The van der Waals surface area contributed by atoms with Gasteiger partial charge in [-0.25, -0.2) is 0 Å². The van der Waals surface area contributed by atoms with Gasteiger partial charge in [0.1, 0.15) is 11.2 Å². The van der Waals surface area contributed by atoms with Gasteiger partial charge in [-0.1, -0.05) is 26.0 Å². The van der Waals surface area contributed by atoms with Crippen LogP contribution in [0.4, 0.5) is 0 Å². The zero-order valence-electron chi connectivity index (χ0n) is 12.8. The number of hydrogen-bond donors (Lipinski definition) is 3. The Morgan fingerprint density at radius 1 is 1.41 bits per heavy atom. The lowest BCUT2D eigenvalue weighted by Crippen LogP contribution is -2.47. The number of aromatic amines is 2. The van der Waals surface area contributed by atoms with E-state index in [1.54, 1.807) is 17.8 Å². The second-order valence-corrected chi connectivity index (χ2v) is 7.60. The van der Waals surface area contributed by atoms with Gasteiger partial charge in [0.25, 0.3) is 5.91 Å². The molecule has 118 valence electrons. The fourth-order valence-electron chi connectivity index (χ4n) is 2.36. The number of H-pyrrole nitrogens is 2. The molecule has 0 radical (unpaired) electrons. The van der Waals surface area contributed by atoms with E-state index in [1.165, 1.54) is 0 Å². The van der Waals surface area contributed by atoms with E-state index < -0.39 is 5.54 Å². The first-order valence-electron chi connectivity index (χ1n) is 7.11. The maximum absolute atomic E-state index is 12.6. The van der Waals surface area contributed by atoms with E-state index >= 15 is 0 Å². The Morgan fingerprint density at radius 2 is 2.23 bits per heavy atom. The first-order valence-corrected chi connectivity index (χ1v) is 8.26. The van der Waals surface area contributed by atoms with Gasteiger partial charge in [0.2, 0.25) is 5.82 Å². The summed E-state index contributed by atoms with van der Waals surface area (Å²) in [6.45, 7) is 6.20. The Balaban J connectivity index is 1.82. The van der Waals surface area contributed by atoms with Gasteiger partial charge in [0, 0.05) is 16.9 Å². The molecular weight excluding hydrogens is 302 g/mol. The van der Waals surface area contributed by atoms with Gasteiger partial charge in [0.05, 0.1) is 0 Å². The molecule has 9 heteroatoms. The van der Waals surface area contributed by atoms with Crippen LogP contribution in [0.15, 0.2) is 6.07 Å². The second-order valence-electron chi connectivity index (χ2n) is 6.49. The molecule has 8 nitrogen and oxygen atoms in total. The van der Waals surface area contributed by atoms with Crippen LogP contribution in [0.2, 0.25) is 0 Å². The summed E-state index contributed by atoms with van der Waals surface area (Å²) in [6.07, 6.45) is 0.777. The Kier molecular flexibility index (Phi) is 3.67. The van der Waals surface area contributed by atoms with Crippen LogP contribution < -0.4 is 5.32 Å². The summed E-state index contributed by atoms with van der Waals surface area (Å²) in [5, 5.41) is 24.3. The van der Waals surface area contributed by atoms with Gasteiger partial charge in [-0.05, 0) is 18.2 Å². The summed E-state index contributed by atoms with van der Waals surface area (Å²) >= 11 is 1.76. The number of rotatable bonds is 3. The highest BCUT2D eigenvalue weighted by Crippen LogP contribution is 2.35. The topological polar surface area (TPSA) is 112 Å². The molecule has 0 bridgehead atoms. The van der Waals surface area contributed by atoms with Crippen LogP contribution in [0.5, 0.6) is 0 Å². The highest BCUT2D eigenvalue weighted by atomic mass is 32.2. The monoisotopic (exact) mass is 321 g/mol. The molecule has 3 heterocycles. The summed E-state index contributed by atoms with van der Waals surface area (Å²) in [6, 6.07) is 1.79. The molecule has 3 rings (SSSR count). The van der Waals surface area contributed by atoms with Gasteiger partial charge in [-0.15, -0.1) is 10.2 Å². The standard InChI is InChI=1S/C13H19N7OS/c1-12(2,3)9-6-8(15-16-9)10(21)14-13(4-5-22-7-13)11-17-19-20-18-11/h6H,4-5,7H2,1-3H3,(H,14,21)(H,15,16)(H,17,18,19,20). The smallest absolute Gasteiger partial charge is 0.272 e. The molecular formula is C13H19N7OS. The number of aromatic nitrogens is 6. The fourth-order valence-corrected chi connectivity index (χ4v) is 3.70. The molecule has 0 saturated carbocycles. The average Bonchev–Trinajstić information content (AvgIpc) is 3.19. The average molecular weight is 321 g/mol. The third-order valence-corrected chi connectivity index (χ3v) is 4.96. The van der Waals surface area contributed by atoms with E-state index in [2.05, 4.69) is 56.9 Å². The van der Waals surface area contributed by atoms with Crippen molar-refractivity contribution in [3.63, 3.8) is 0 Å². The maximum Gasteiger partial charge on any atom is 0.272 e. The number of tetrazole rings is 1.